The lowest BCUT2D eigenvalue weighted by Crippen LogP contribution is -2.32. The molecule has 0 fully saturated rings. The van der Waals surface area contributed by atoms with Crippen LogP contribution in [0.3, 0.4) is 0 Å². The number of anilines is 2. The Kier molecular flexibility index (Phi) is 12.2. The van der Waals surface area contributed by atoms with Crippen LogP contribution in [0.2, 0.25) is 0 Å². The molecule has 0 radical (unpaired) electrons. The second kappa shape index (κ2) is 18.2. The summed E-state index contributed by atoms with van der Waals surface area (Å²) in [5.74, 6) is -0.903. The Bertz CT molecular complexity index is 3440. The van der Waals surface area contributed by atoms with Gasteiger partial charge in [0, 0.05) is 102 Å². The number of thiocarbonyl (C=S) groups is 1. The minimum atomic E-state index is -1.15. The maximum atomic E-state index is 13.0. The van der Waals surface area contributed by atoms with E-state index in [1.165, 1.54) is 47.0 Å². The Balaban J connectivity index is 1.04. The van der Waals surface area contributed by atoms with Crippen molar-refractivity contribution in [1.29, 1.82) is 0 Å². The Hall–Kier alpha value is -7.57. The first kappa shape index (κ1) is 48.1. The van der Waals surface area contributed by atoms with Crippen LogP contribution in [0.4, 0.5) is 11.4 Å². The average Bonchev–Trinajstić information content (AvgIpc) is 4.25. The van der Waals surface area contributed by atoms with Gasteiger partial charge in [-0.2, -0.15) is 0 Å². The monoisotopic (exact) mass is 978 g/mol. The fourth-order valence-corrected chi connectivity index (χ4v) is 12.4. The predicted octanol–water partition coefficient (Wildman–Crippen LogP) is 14.1. The molecule has 11 nitrogen and oxygen atoms in total. The van der Waals surface area contributed by atoms with Crippen LogP contribution in [0.1, 0.15) is 148 Å². The molecule has 0 atom stereocenters. The number of carboxylic acid groups (broad SMARTS) is 1. The van der Waals surface area contributed by atoms with Gasteiger partial charge in [-0.15, -0.1) is 0 Å². The zero-order valence-electron chi connectivity index (χ0n) is 41.9. The van der Waals surface area contributed by atoms with Gasteiger partial charge in [-0.25, -0.2) is 4.79 Å². The molecular weight excluding hydrogens is 917 g/mol. The summed E-state index contributed by atoms with van der Waals surface area (Å²) in [5, 5.41) is 28.4. The lowest BCUT2D eigenvalue weighted by atomic mass is 9.75. The van der Waals surface area contributed by atoms with Gasteiger partial charge in [0.2, 0.25) is 0 Å². The molecule has 0 saturated heterocycles. The molecule has 7 aromatic rings. The summed E-state index contributed by atoms with van der Waals surface area (Å²) < 4.78 is 6.02. The van der Waals surface area contributed by atoms with Crippen molar-refractivity contribution >= 4 is 45.6 Å². The molecule has 1 aliphatic carbocycles. The van der Waals surface area contributed by atoms with Crippen molar-refractivity contribution in [2.24, 2.45) is 0 Å². The summed E-state index contributed by atoms with van der Waals surface area (Å²) >= 11 is 5.94. The number of aromatic carboxylic acids is 1. The van der Waals surface area contributed by atoms with E-state index in [0.29, 0.717) is 33.3 Å². The number of fused-ring (bicyclic) bond motifs is 10. The maximum Gasteiger partial charge on any atom is 0.336 e. The summed E-state index contributed by atoms with van der Waals surface area (Å²) in [7, 11) is 0. The van der Waals surface area contributed by atoms with Crippen LogP contribution in [0.15, 0.2) is 137 Å². The number of carbonyl (C=O) groups is 1. The first-order valence-electron chi connectivity index (χ1n) is 25.3. The molecule has 3 aromatic carbocycles. The van der Waals surface area contributed by atoms with Gasteiger partial charge in [0.25, 0.3) is 0 Å². The Labute approximate surface area is 424 Å². The fraction of sp³-hybridized carbons (Fsp3) is 0.283. The molecule has 6 heterocycles. The first-order valence-corrected chi connectivity index (χ1v) is 25.7. The second-order valence-electron chi connectivity index (χ2n) is 19.7. The van der Waals surface area contributed by atoms with Gasteiger partial charge in [0.1, 0.15) is 17.1 Å². The Morgan fingerprint density at radius 3 is 1.54 bits per heavy atom. The van der Waals surface area contributed by atoms with Crippen LogP contribution >= 0.6 is 12.2 Å². The quantitative estimate of drug-likeness (QED) is 0.0467. The van der Waals surface area contributed by atoms with Gasteiger partial charge in [0.05, 0.1) is 11.0 Å². The lowest BCUT2D eigenvalue weighted by molar-refractivity contribution is 0.0697. The number of hydrogen-bond acceptors (Lipinski definition) is 5. The molecular formula is C60H62N6O5S. The number of nitrogens with one attached hydrogen (secondary N) is 6. The van der Waals surface area contributed by atoms with Gasteiger partial charge in [-0.3, -0.25) is 4.79 Å². The number of hydrogen-bond donors (Lipinski definition) is 8. The molecule has 10 rings (SSSR count). The van der Waals surface area contributed by atoms with Gasteiger partial charge in [0.15, 0.2) is 10.5 Å². The molecule has 368 valence electrons. The predicted molar refractivity (Wildman–Crippen MR) is 292 cm³/mol. The van der Waals surface area contributed by atoms with E-state index >= 15 is 0 Å². The molecule has 72 heavy (non-hydrogen) atoms. The van der Waals surface area contributed by atoms with Gasteiger partial charge < -0.3 is 45.2 Å². The van der Waals surface area contributed by atoms with E-state index in [9.17, 15) is 19.8 Å². The molecule has 0 amide bonds. The van der Waals surface area contributed by atoms with Crippen LogP contribution in [0.25, 0.3) is 33.4 Å². The van der Waals surface area contributed by atoms with Crippen LogP contribution in [-0.4, -0.2) is 41.2 Å². The number of rotatable bonds is 11. The number of aromatic amines is 4. The number of benzene rings is 4. The highest BCUT2D eigenvalue weighted by Gasteiger charge is 2.43. The molecule has 0 spiro atoms. The molecule has 8 bridgehead atoms. The van der Waals surface area contributed by atoms with Crippen molar-refractivity contribution in [3.05, 3.63) is 194 Å². The molecule has 0 unspecified atom stereocenters. The Morgan fingerprint density at radius 2 is 1.04 bits per heavy atom. The topological polar surface area (TPSA) is 175 Å². The van der Waals surface area contributed by atoms with E-state index in [1.54, 1.807) is 30.3 Å². The number of phenolic OH excluding ortho intramolecular Hbond substituents is 1. The molecule has 12 heteroatoms. The van der Waals surface area contributed by atoms with Crippen molar-refractivity contribution in [1.82, 2.24) is 19.9 Å². The molecule has 2 aliphatic heterocycles. The van der Waals surface area contributed by atoms with E-state index in [4.69, 9.17) is 16.6 Å². The third kappa shape index (κ3) is 7.48. The number of phenols is 1. The van der Waals surface area contributed by atoms with E-state index in [1.807, 2.05) is 12.1 Å². The smallest absolute Gasteiger partial charge is 0.336 e. The van der Waals surface area contributed by atoms with Crippen LogP contribution < -0.4 is 16.1 Å². The van der Waals surface area contributed by atoms with Crippen molar-refractivity contribution in [3.63, 3.8) is 0 Å². The van der Waals surface area contributed by atoms with Gasteiger partial charge in [-0.05, 0) is 166 Å². The van der Waals surface area contributed by atoms with Crippen molar-refractivity contribution in [3.8, 4) is 28.2 Å². The van der Waals surface area contributed by atoms with Crippen molar-refractivity contribution in [2.45, 2.75) is 109 Å². The summed E-state index contributed by atoms with van der Waals surface area (Å²) in [4.78, 5) is 41.6. The van der Waals surface area contributed by atoms with Crippen LogP contribution in [0, 0.1) is 0 Å². The molecule has 8 N–H and O–H groups in total. The van der Waals surface area contributed by atoms with E-state index < -0.39 is 11.4 Å². The number of H-pyrrole nitrogens is 4. The largest absolute Gasteiger partial charge is 0.508 e. The minimum absolute atomic E-state index is 0.00946. The highest BCUT2D eigenvalue weighted by molar-refractivity contribution is 7.80. The third-order valence-corrected chi connectivity index (χ3v) is 16.9. The van der Waals surface area contributed by atoms with Gasteiger partial charge >= 0.3 is 5.97 Å². The van der Waals surface area contributed by atoms with E-state index in [-0.39, 0.29) is 43.9 Å². The molecule has 3 aliphatic rings. The fourth-order valence-electron chi connectivity index (χ4n) is 12.1. The standard InChI is InChI=1S/C60H62N6O5S/c1-8-58(9-2)48-25-23-46(63-48)57(7,47-24-26-49(64-47)59(10-3,11-4)51-28-30-53(66-51)60(12-5,13-6)52-29-27-50(58)65-52)35-15-14-16-36(31-35)61-56(72)62-37-17-20-40(43(32-37)55(69)70)54-41-21-18-38(67)33-44(41)71-45-34-39(68)19-22-42(45)54/h14-34,63-67H,8-13H2,1-7H3,(H,69,70)(H2,61,62,72). The number of aromatic hydroxyl groups is 1. The highest BCUT2D eigenvalue weighted by atomic mass is 32.1. The minimum Gasteiger partial charge on any atom is -0.508 e. The Morgan fingerprint density at radius 1 is 0.569 bits per heavy atom. The van der Waals surface area contributed by atoms with Gasteiger partial charge in [-0.1, -0.05) is 59.7 Å². The zero-order chi connectivity index (χ0) is 50.7. The third-order valence-electron chi connectivity index (χ3n) is 16.7. The van der Waals surface area contributed by atoms with Crippen LogP contribution in [0.5, 0.6) is 5.75 Å². The number of carboxylic acids is 1. The summed E-state index contributed by atoms with van der Waals surface area (Å²) in [6, 6.07) is 40.7. The van der Waals surface area contributed by atoms with Crippen molar-refractivity contribution < 1.29 is 19.4 Å². The summed E-state index contributed by atoms with van der Waals surface area (Å²) in [6.07, 6.45) is 5.48. The van der Waals surface area contributed by atoms with E-state index in [0.717, 1.165) is 72.6 Å². The van der Waals surface area contributed by atoms with E-state index in [2.05, 4.69) is 140 Å². The second-order valence-corrected chi connectivity index (χ2v) is 20.1. The SMILES string of the molecule is CCC1(CC)c2ccc([nH]2)C(CC)(CC)c2ccc([nH]2)C(C)(c2cccc(NC(=S)Nc3ccc(-c4c5ccc(=O)cc-5oc5cc(O)ccc45)c(C(=O)O)c3)c2)c2ccc([nH]2)C(CC)(CC)c2ccc1[nH]2. The molecule has 4 aromatic heterocycles. The highest BCUT2D eigenvalue weighted by Crippen LogP contribution is 2.48. The molecule has 0 saturated carbocycles. The van der Waals surface area contributed by atoms with Crippen molar-refractivity contribution in [2.75, 3.05) is 10.6 Å². The number of aromatic nitrogens is 4. The lowest BCUT2D eigenvalue weighted by Gasteiger charge is -2.35. The average molecular weight is 979 g/mol. The summed E-state index contributed by atoms with van der Waals surface area (Å²) in [5.41, 5.74) is 11.6. The maximum absolute atomic E-state index is 13.0. The summed E-state index contributed by atoms with van der Waals surface area (Å²) in [6.45, 7) is 16.0. The normalized spacial score (nSPS) is 15.4. The van der Waals surface area contributed by atoms with Crippen LogP contribution in [-0.2, 0) is 21.7 Å². The first-order chi connectivity index (χ1) is 34.7. The zero-order valence-corrected chi connectivity index (χ0v) is 42.7.